The van der Waals surface area contributed by atoms with Gasteiger partial charge in [-0.05, 0) is 49.6 Å². The Hall–Kier alpha value is -0.340. The van der Waals surface area contributed by atoms with Crippen LogP contribution in [-0.4, -0.2) is 6.54 Å². The number of nitrogens with one attached hydrogen (secondary N) is 1. The molecule has 0 saturated heterocycles. The number of benzene rings is 1. The van der Waals surface area contributed by atoms with Crippen LogP contribution in [0.4, 0.5) is 0 Å². The molecule has 1 nitrogen and oxygen atoms in total. The molecule has 1 unspecified atom stereocenters. The number of fused-ring (bicyclic) bond motifs is 1. The topological polar surface area (TPSA) is 12.0 Å². The van der Waals surface area contributed by atoms with Crippen molar-refractivity contribution in [3.05, 3.63) is 33.3 Å². The highest BCUT2D eigenvalue weighted by Crippen LogP contribution is 2.28. The van der Waals surface area contributed by atoms with Crippen molar-refractivity contribution in [2.75, 3.05) is 6.54 Å². The summed E-state index contributed by atoms with van der Waals surface area (Å²) in [6.07, 6.45) is 1.16. The molecule has 1 atom stereocenters. The van der Waals surface area contributed by atoms with Crippen LogP contribution in [-0.2, 0) is 6.42 Å². The van der Waals surface area contributed by atoms with Crippen LogP contribution < -0.4 is 5.32 Å². The molecule has 1 N–H and O–H groups in total. The Bertz CT molecular complexity index is 333. The minimum Gasteiger partial charge on any atom is -0.310 e. The molecule has 0 bridgehead atoms. The molecule has 1 aromatic rings. The van der Waals surface area contributed by atoms with Crippen LogP contribution in [0, 0.1) is 6.92 Å². The molecule has 0 aliphatic carbocycles. The van der Waals surface area contributed by atoms with Crippen molar-refractivity contribution in [2.24, 2.45) is 0 Å². The first-order valence-electron chi connectivity index (χ1n) is 4.71. The molecule has 0 saturated carbocycles. The smallest absolute Gasteiger partial charge is 0.0295 e. The van der Waals surface area contributed by atoms with Crippen molar-refractivity contribution in [3.63, 3.8) is 0 Å². The summed E-state index contributed by atoms with van der Waals surface area (Å²) in [5.74, 6) is 0. The maximum absolute atomic E-state index is 3.57. The van der Waals surface area contributed by atoms with Crippen molar-refractivity contribution in [1.82, 2.24) is 5.32 Å². The van der Waals surface area contributed by atoms with Gasteiger partial charge in [-0.2, -0.15) is 0 Å². The third-order valence-corrected chi connectivity index (χ3v) is 3.59. The molecule has 70 valence electrons. The van der Waals surface area contributed by atoms with E-state index in [4.69, 9.17) is 0 Å². The lowest BCUT2D eigenvalue weighted by Gasteiger charge is -2.24. The van der Waals surface area contributed by atoms with E-state index >= 15 is 0 Å². The third kappa shape index (κ3) is 1.65. The summed E-state index contributed by atoms with van der Waals surface area (Å²) in [4.78, 5) is 0. The van der Waals surface area contributed by atoms with E-state index in [1.807, 2.05) is 0 Å². The maximum atomic E-state index is 3.57. The van der Waals surface area contributed by atoms with E-state index in [-0.39, 0.29) is 0 Å². The van der Waals surface area contributed by atoms with E-state index in [2.05, 4.69) is 47.2 Å². The van der Waals surface area contributed by atoms with Crippen molar-refractivity contribution in [1.29, 1.82) is 0 Å². The Labute approximate surface area is 87.7 Å². The molecule has 0 aromatic heterocycles. The van der Waals surface area contributed by atoms with Gasteiger partial charge >= 0.3 is 0 Å². The predicted molar refractivity (Wildman–Crippen MR) is 59.0 cm³/mol. The average Bonchev–Trinajstić information content (AvgIpc) is 2.09. The van der Waals surface area contributed by atoms with Crippen molar-refractivity contribution in [3.8, 4) is 0 Å². The summed E-state index contributed by atoms with van der Waals surface area (Å²) in [6, 6.07) is 5.05. The fraction of sp³-hybridized carbons (Fsp3) is 0.455. The van der Waals surface area contributed by atoms with Gasteiger partial charge in [0.2, 0.25) is 0 Å². The fourth-order valence-corrected chi connectivity index (χ4v) is 2.27. The first kappa shape index (κ1) is 9.22. The van der Waals surface area contributed by atoms with Crippen LogP contribution in [0.3, 0.4) is 0 Å². The molecule has 0 fully saturated rings. The summed E-state index contributed by atoms with van der Waals surface area (Å²) >= 11 is 3.57. The van der Waals surface area contributed by atoms with Gasteiger partial charge in [-0.1, -0.05) is 22.0 Å². The van der Waals surface area contributed by atoms with Crippen LogP contribution >= 0.6 is 15.9 Å². The normalized spacial score (nSPS) is 21.3. The fourth-order valence-electron chi connectivity index (χ4n) is 1.91. The number of hydrogen-bond donors (Lipinski definition) is 1. The van der Waals surface area contributed by atoms with Crippen LogP contribution in [0.25, 0.3) is 0 Å². The molecule has 0 radical (unpaired) electrons. The molecule has 1 aliphatic rings. The van der Waals surface area contributed by atoms with Crippen LogP contribution in [0.5, 0.6) is 0 Å². The van der Waals surface area contributed by atoms with Gasteiger partial charge in [0.05, 0.1) is 0 Å². The van der Waals surface area contributed by atoms with Gasteiger partial charge in [-0.25, -0.2) is 0 Å². The van der Waals surface area contributed by atoms with Gasteiger partial charge in [0.25, 0.3) is 0 Å². The zero-order valence-corrected chi connectivity index (χ0v) is 9.61. The number of rotatable bonds is 0. The largest absolute Gasteiger partial charge is 0.310 e. The van der Waals surface area contributed by atoms with Crippen LogP contribution in [0.1, 0.15) is 29.7 Å². The minimum atomic E-state index is 0.501. The van der Waals surface area contributed by atoms with Gasteiger partial charge < -0.3 is 5.32 Å². The molecule has 1 aromatic carbocycles. The number of halogens is 1. The highest BCUT2D eigenvalue weighted by molar-refractivity contribution is 9.10. The standard InChI is InChI=1S/C11H14BrN/c1-7-5-9-3-4-13-8(2)10(9)6-11(7)12/h5-6,8,13H,3-4H2,1-2H3. The lowest BCUT2D eigenvalue weighted by Crippen LogP contribution is -2.27. The van der Waals surface area contributed by atoms with Gasteiger partial charge in [-0.3, -0.25) is 0 Å². The van der Waals surface area contributed by atoms with E-state index in [0.717, 1.165) is 13.0 Å². The van der Waals surface area contributed by atoms with Crippen molar-refractivity contribution >= 4 is 15.9 Å². The minimum absolute atomic E-state index is 0.501. The second-order valence-electron chi connectivity index (χ2n) is 3.73. The zero-order chi connectivity index (χ0) is 9.42. The molecule has 0 spiro atoms. The van der Waals surface area contributed by atoms with Gasteiger partial charge in [0, 0.05) is 10.5 Å². The Morgan fingerprint density at radius 1 is 1.46 bits per heavy atom. The van der Waals surface area contributed by atoms with Gasteiger partial charge in [0.1, 0.15) is 0 Å². The molecule has 2 heteroatoms. The summed E-state index contributed by atoms with van der Waals surface area (Å²) in [5, 5.41) is 3.46. The zero-order valence-electron chi connectivity index (χ0n) is 8.02. The summed E-state index contributed by atoms with van der Waals surface area (Å²) in [7, 11) is 0. The summed E-state index contributed by atoms with van der Waals surface area (Å²) < 4.78 is 1.22. The third-order valence-electron chi connectivity index (χ3n) is 2.73. The number of aryl methyl sites for hydroxylation is 1. The molecule has 1 aliphatic heterocycles. The molecular weight excluding hydrogens is 226 g/mol. The second-order valence-corrected chi connectivity index (χ2v) is 4.58. The Balaban J connectivity index is 2.52. The van der Waals surface area contributed by atoms with E-state index in [9.17, 15) is 0 Å². The maximum Gasteiger partial charge on any atom is 0.0295 e. The first-order valence-corrected chi connectivity index (χ1v) is 5.50. The quantitative estimate of drug-likeness (QED) is 0.735. The summed E-state index contributed by atoms with van der Waals surface area (Å²) in [6.45, 7) is 5.48. The van der Waals surface area contributed by atoms with Crippen molar-refractivity contribution < 1.29 is 0 Å². The molecule has 13 heavy (non-hydrogen) atoms. The molecule has 1 heterocycles. The molecule has 0 amide bonds. The van der Waals surface area contributed by atoms with E-state index in [1.165, 1.54) is 21.2 Å². The highest BCUT2D eigenvalue weighted by atomic mass is 79.9. The average molecular weight is 240 g/mol. The Morgan fingerprint density at radius 3 is 3.00 bits per heavy atom. The Morgan fingerprint density at radius 2 is 2.23 bits per heavy atom. The lowest BCUT2D eigenvalue weighted by atomic mass is 9.94. The van der Waals surface area contributed by atoms with Crippen molar-refractivity contribution in [2.45, 2.75) is 26.3 Å². The lowest BCUT2D eigenvalue weighted by molar-refractivity contribution is 0.540. The monoisotopic (exact) mass is 239 g/mol. The summed E-state index contributed by atoms with van der Waals surface area (Å²) in [5.41, 5.74) is 4.29. The predicted octanol–water partition coefficient (Wildman–Crippen LogP) is 2.96. The van der Waals surface area contributed by atoms with E-state index in [1.54, 1.807) is 0 Å². The highest BCUT2D eigenvalue weighted by Gasteiger charge is 2.16. The van der Waals surface area contributed by atoms with Crippen LogP contribution in [0.2, 0.25) is 0 Å². The van der Waals surface area contributed by atoms with E-state index < -0.39 is 0 Å². The second kappa shape index (κ2) is 3.43. The molecule has 2 rings (SSSR count). The SMILES string of the molecule is Cc1cc2c(cc1Br)C(C)NCC2. The van der Waals surface area contributed by atoms with Gasteiger partial charge in [-0.15, -0.1) is 0 Å². The van der Waals surface area contributed by atoms with Gasteiger partial charge in [0.15, 0.2) is 0 Å². The van der Waals surface area contributed by atoms with Crippen LogP contribution in [0.15, 0.2) is 16.6 Å². The molecular formula is C11H14BrN. The first-order chi connectivity index (χ1) is 6.18. The Kier molecular flexibility index (Phi) is 2.43. The van der Waals surface area contributed by atoms with E-state index in [0.29, 0.717) is 6.04 Å². The number of hydrogen-bond acceptors (Lipinski definition) is 1.